The number of urea groups is 1. The Bertz CT molecular complexity index is 450. The van der Waals surface area contributed by atoms with Gasteiger partial charge in [-0.1, -0.05) is 26.0 Å². The van der Waals surface area contributed by atoms with Crippen molar-refractivity contribution in [2.45, 2.75) is 26.3 Å². The number of anilines is 1. The van der Waals surface area contributed by atoms with Crippen molar-refractivity contribution in [2.24, 2.45) is 11.7 Å². The van der Waals surface area contributed by atoms with Crippen molar-refractivity contribution in [3.05, 3.63) is 29.8 Å². The summed E-state index contributed by atoms with van der Waals surface area (Å²) in [6.07, 6.45) is 0. The Morgan fingerprint density at radius 3 is 2.67 bits per heavy atom. The fraction of sp³-hybridized carbons (Fsp3) is 0.500. The van der Waals surface area contributed by atoms with Gasteiger partial charge >= 0.3 is 6.03 Å². The first-order chi connectivity index (χ1) is 8.40. The number of rotatable bonds is 2. The number of nitrogens with zero attached hydrogens (tertiary/aromatic N) is 1. The maximum atomic E-state index is 12.0. The minimum atomic E-state index is -0.218. The number of hydrogen-bond acceptors (Lipinski definition) is 2. The summed E-state index contributed by atoms with van der Waals surface area (Å²) < 4.78 is 0. The van der Waals surface area contributed by atoms with Gasteiger partial charge in [0.05, 0.1) is 5.54 Å². The predicted octanol–water partition coefficient (Wildman–Crippen LogP) is 2.20. The van der Waals surface area contributed by atoms with Crippen LogP contribution < -0.4 is 11.1 Å². The largest absolute Gasteiger partial charge is 0.322 e. The van der Waals surface area contributed by atoms with Crippen LogP contribution in [0.2, 0.25) is 0 Å². The van der Waals surface area contributed by atoms with Crippen molar-refractivity contribution >= 4 is 11.7 Å². The second-order valence-electron chi connectivity index (χ2n) is 5.54. The van der Waals surface area contributed by atoms with Gasteiger partial charge in [-0.15, -0.1) is 0 Å². The third-order valence-electron chi connectivity index (χ3n) is 3.68. The maximum absolute atomic E-state index is 12.0. The van der Waals surface area contributed by atoms with Crippen LogP contribution in [0.3, 0.4) is 0 Å². The Morgan fingerprint density at radius 1 is 1.44 bits per heavy atom. The molecule has 2 rings (SSSR count). The SMILES string of the molecule is Cc1cccc(NC(=O)N2CC(N)(C(C)C)C2)c1. The van der Waals surface area contributed by atoms with E-state index >= 15 is 0 Å². The molecule has 1 aromatic rings. The topological polar surface area (TPSA) is 58.4 Å². The van der Waals surface area contributed by atoms with Crippen LogP contribution in [-0.2, 0) is 0 Å². The zero-order chi connectivity index (χ0) is 13.3. The number of nitrogens with two attached hydrogens (primary N) is 1. The summed E-state index contributed by atoms with van der Waals surface area (Å²) in [5.41, 5.74) is 7.92. The van der Waals surface area contributed by atoms with Crippen LogP contribution in [0.5, 0.6) is 0 Å². The van der Waals surface area contributed by atoms with Crippen molar-refractivity contribution in [2.75, 3.05) is 18.4 Å². The highest BCUT2D eigenvalue weighted by Gasteiger charge is 2.44. The van der Waals surface area contributed by atoms with E-state index in [1.54, 1.807) is 4.90 Å². The number of hydrogen-bond donors (Lipinski definition) is 2. The molecule has 0 aliphatic carbocycles. The second-order valence-corrected chi connectivity index (χ2v) is 5.54. The normalized spacial score (nSPS) is 17.5. The molecule has 0 aromatic heterocycles. The Labute approximate surface area is 108 Å². The van der Waals surface area contributed by atoms with Crippen LogP contribution in [-0.4, -0.2) is 29.6 Å². The molecule has 4 nitrogen and oxygen atoms in total. The Balaban J connectivity index is 1.92. The lowest BCUT2D eigenvalue weighted by Crippen LogP contribution is -2.71. The highest BCUT2D eigenvalue weighted by atomic mass is 16.2. The lowest BCUT2D eigenvalue weighted by molar-refractivity contribution is 0.0721. The molecular weight excluding hydrogens is 226 g/mol. The van der Waals surface area contributed by atoms with E-state index in [1.807, 2.05) is 31.2 Å². The van der Waals surface area contributed by atoms with E-state index in [1.165, 1.54) is 0 Å². The van der Waals surface area contributed by atoms with Crippen molar-refractivity contribution in [3.63, 3.8) is 0 Å². The van der Waals surface area contributed by atoms with Crippen LogP contribution in [0, 0.1) is 12.8 Å². The van der Waals surface area contributed by atoms with Crippen LogP contribution in [0.1, 0.15) is 19.4 Å². The second kappa shape index (κ2) is 4.61. The lowest BCUT2D eigenvalue weighted by Gasteiger charge is -2.50. The molecule has 1 fully saturated rings. The molecule has 0 spiro atoms. The molecule has 1 aliphatic rings. The van der Waals surface area contributed by atoms with Crippen molar-refractivity contribution in [3.8, 4) is 0 Å². The molecule has 0 saturated carbocycles. The van der Waals surface area contributed by atoms with E-state index in [0.717, 1.165) is 11.3 Å². The number of carbonyl (C=O) groups excluding carboxylic acids is 1. The van der Waals surface area contributed by atoms with Gasteiger partial charge in [0.25, 0.3) is 0 Å². The zero-order valence-electron chi connectivity index (χ0n) is 11.2. The summed E-state index contributed by atoms with van der Waals surface area (Å²) in [7, 11) is 0. The molecule has 1 heterocycles. The summed E-state index contributed by atoms with van der Waals surface area (Å²) in [5.74, 6) is 0.389. The highest BCUT2D eigenvalue weighted by molar-refractivity contribution is 5.90. The molecule has 0 radical (unpaired) electrons. The van der Waals surface area contributed by atoms with Crippen LogP contribution in [0.25, 0.3) is 0 Å². The fourth-order valence-electron chi connectivity index (χ4n) is 2.10. The third-order valence-corrected chi connectivity index (χ3v) is 3.68. The molecule has 0 bridgehead atoms. The van der Waals surface area contributed by atoms with Crippen molar-refractivity contribution in [1.82, 2.24) is 4.90 Å². The van der Waals surface area contributed by atoms with Gasteiger partial charge < -0.3 is 16.0 Å². The highest BCUT2D eigenvalue weighted by Crippen LogP contribution is 2.26. The number of aryl methyl sites for hydroxylation is 1. The number of carbonyl (C=O) groups is 1. The first-order valence-electron chi connectivity index (χ1n) is 6.32. The minimum Gasteiger partial charge on any atom is -0.322 e. The molecule has 18 heavy (non-hydrogen) atoms. The molecule has 98 valence electrons. The summed E-state index contributed by atoms with van der Waals surface area (Å²) >= 11 is 0. The molecule has 4 heteroatoms. The molecule has 1 aromatic carbocycles. The smallest absolute Gasteiger partial charge is 0.321 e. The summed E-state index contributed by atoms with van der Waals surface area (Å²) in [5, 5.41) is 2.89. The molecule has 0 unspecified atom stereocenters. The zero-order valence-corrected chi connectivity index (χ0v) is 11.2. The van der Waals surface area contributed by atoms with Gasteiger partial charge in [0, 0.05) is 18.8 Å². The first-order valence-corrected chi connectivity index (χ1v) is 6.32. The predicted molar refractivity (Wildman–Crippen MR) is 73.5 cm³/mol. The number of amides is 2. The van der Waals surface area contributed by atoms with Crippen molar-refractivity contribution < 1.29 is 4.79 Å². The van der Waals surface area contributed by atoms with E-state index in [2.05, 4.69) is 19.2 Å². The van der Waals surface area contributed by atoms with Crippen LogP contribution in [0.15, 0.2) is 24.3 Å². The molecule has 1 saturated heterocycles. The van der Waals surface area contributed by atoms with Gasteiger partial charge in [-0.3, -0.25) is 0 Å². The summed E-state index contributed by atoms with van der Waals surface area (Å²) in [6, 6.07) is 7.71. The van der Waals surface area contributed by atoms with Crippen LogP contribution >= 0.6 is 0 Å². The van der Waals surface area contributed by atoms with Gasteiger partial charge in [0.1, 0.15) is 0 Å². The number of benzene rings is 1. The summed E-state index contributed by atoms with van der Waals surface area (Å²) in [6.45, 7) is 7.44. The van der Waals surface area contributed by atoms with Gasteiger partial charge in [-0.2, -0.15) is 0 Å². The van der Waals surface area contributed by atoms with Crippen LogP contribution in [0.4, 0.5) is 10.5 Å². The van der Waals surface area contributed by atoms with Crippen molar-refractivity contribution in [1.29, 1.82) is 0 Å². The van der Waals surface area contributed by atoms with Gasteiger partial charge in [0.15, 0.2) is 0 Å². The summed E-state index contributed by atoms with van der Waals surface area (Å²) in [4.78, 5) is 13.7. The number of nitrogens with one attached hydrogen (secondary N) is 1. The van der Waals surface area contributed by atoms with E-state index in [4.69, 9.17) is 5.73 Å². The molecule has 3 N–H and O–H groups in total. The van der Waals surface area contributed by atoms with E-state index < -0.39 is 0 Å². The molecule has 0 atom stereocenters. The molecule has 1 aliphatic heterocycles. The van der Waals surface area contributed by atoms with E-state index in [0.29, 0.717) is 19.0 Å². The third kappa shape index (κ3) is 2.48. The van der Waals surface area contributed by atoms with E-state index in [9.17, 15) is 4.79 Å². The molecular formula is C14H21N3O. The fourth-order valence-corrected chi connectivity index (χ4v) is 2.10. The maximum Gasteiger partial charge on any atom is 0.321 e. The quantitative estimate of drug-likeness (QED) is 0.841. The van der Waals surface area contributed by atoms with E-state index in [-0.39, 0.29) is 11.6 Å². The van der Waals surface area contributed by atoms with Gasteiger partial charge in [0.2, 0.25) is 0 Å². The van der Waals surface area contributed by atoms with Gasteiger partial charge in [-0.05, 0) is 30.5 Å². The monoisotopic (exact) mass is 247 g/mol. The Hall–Kier alpha value is -1.55. The number of likely N-dealkylation sites (tertiary alicyclic amines) is 1. The average molecular weight is 247 g/mol. The average Bonchev–Trinajstić information content (AvgIpc) is 2.24. The lowest BCUT2D eigenvalue weighted by atomic mass is 9.80. The molecule has 2 amide bonds. The minimum absolute atomic E-state index is 0.0673. The van der Waals surface area contributed by atoms with Gasteiger partial charge in [-0.25, -0.2) is 4.79 Å². The first kappa shape index (κ1) is 12.9. The standard InChI is InChI=1S/C14H21N3O/c1-10(2)14(15)8-17(9-14)13(18)16-12-6-4-5-11(3)7-12/h4-7,10H,8-9,15H2,1-3H3,(H,16,18). The Morgan fingerprint density at radius 2 is 2.11 bits per heavy atom. The Kier molecular flexibility index (Phi) is 3.30.